The quantitative estimate of drug-likeness (QED) is 0.630. The van der Waals surface area contributed by atoms with Crippen molar-refractivity contribution >= 4 is 11.3 Å². The molecule has 0 aliphatic heterocycles. The number of nitrogens with one attached hydrogen (secondary N) is 1. The molecule has 0 aromatic carbocycles. The number of rotatable bonds is 5. The summed E-state index contributed by atoms with van der Waals surface area (Å²) in [6.45, 7) is 2.12. The highest BCUT2D eigenvalue weighted by atomic mass is 32.1. The van der Waals surface area contributed by atoms with Gasteiger partial charge in [0.1, 0.15) is 0 Å². The van der Waals surface area contributed by atoms with E-state index in [4.69, 9.17) is 5.84 Å². The molecule has 0 aliphatic rings. The van der Waals surface area contributed by atoms with Gasteiger partial charge in [-0.1, -0.05) is 0 Å². The molecule has 0 radical (unpaired) electrons. The molecular weight excluding hydrogens is 230 g/mol. The molecule has 0 saturated heterocycles. The van der Waals surface area contributed by atoms with Crippen LogP contribution in [0.25, 0.3) is 0 Å². The fraction of sp³-hybridized carbons (Fsp3) is 0.308. The first-order chi connectivity index (χ1) is 8.29. The second-order valence-electron chi connectivity index (χ2n) is 4.10. The molecule has 2 heterocycles. The predicted molar refractivity (Wildman–Crippen MR) is 71.7 cm³/mol. The van der Waals surface area contributed by atoms with Crippen molar-refractivity contribution in [3.63, 3.8) is 0 Å². The minimum atomic E-state index is 0.230. The summed E-state index contributed by atoms with van der Waals surface area (Å²) in [6.07, 6.45) is 5.66. The maximum Gasteiger partial charge on any atom is 0.0471 e. The van der Waals surface area contributed by atoms with Crippen LogP contribution >= 0.6 is 11.3 Å². The van der Waals surface area contributed by atoms with Crippen LogP contribution in [-0.4, -0.2) is 4.98 Å². The van der Waals surface area contributed by atoms with Gasteiger partial charge in [-0.3, -0.25) is 16.3 Å². The van der Waals surface area contributed by atoms with E-state index in [1.54, 1.807) is 11.3 Å². The lowest BCUT2D eigenvalue weighted by Crippen LogP contribution is -2.28. The average molecular weight is 247 g/mol. The molecule has 0 aliphatic carbocycles. The molecule has 0 spiro atoms. The molecule has 0 amide bonds. The number of hydrogen-bond donors (Lipinski definition) is 2. The molecule has 0 bridgehead atoms. The van der Waals surface area contributed by atoms with Gasteiger partial charge in [-0.05, 0) is 54.5 Å². The summed E-state index contributed by atoms with van der Waals surface area (Å²) in [5.74, 6) is 5.62. The third kappa shape index (κ3) is 3.36. The standard InChI is InChI=1S/C13H17N3S/c1-10-8-12(9-17-10)13(16-14)3-2-11-4-6-15-7-5-11/h4-9,13,16H,2-3,14H2,1H3. The lowest BCUT2D eigenvalue weighted by molar-refractivity contribution is 0.517. The lowest BCUT2D eigenvalue weighted by atomic mass is 10.0. The van der Waals surface area contributed by atoms with Crippen molar-refractivity contribution in [2.45, 2.75) is 25.8 Å². The molecule has 17 heavy (non-hydrogen) atoms. The van der Waals surface area contributed by atoms with Crippen molar-refractivity contribution in [3.8, 4) is 0 Å². The summed E-state index contributed by atoms with van der Waals surface area (Å²) in [6, 6.07) is 6.52. The van der Waals surface area contributed by atoms with Gasteiger partial charge in [0.25, 0.3) is 0 Å². The summed E-state index contributed by atoms with van der Waals surface area (Å²) in [5.41, 5.74) is 5.47. The van der Waals surface area contributed by atoms with Gasteiger partial charge in [0.05, 0.1) is 0 Å². The van der Waals surface area contributed by atoms with Gasteiger partial charge in [0, 0.05) is 23.3 Å². The highest BCUT2D eigenvalue weighted by Gasteiger charge is 2.10. The first-order valence-corrected chi connectivity index (χ1v) is 6.57. The number of aryl methyl sites for hydroxylation is 2. The molecule has 3 nitrogen and oxygen atoms in total. The zero-order valence-corrected chi connectivity index (χ0v) is 10.7. The minimum Gasteiger partial charge on any atom is -0.271 e. The monoisotopic (exact) mass is 247 g/mol. The Balaban J connectivity index is 1.97. The van der Waals surface area contributed by atoms with E-state index in [0.717, 1.165) is 12.8 Å². The topological polar surface area (TPSA) is 50.9 Å². The van der Waals surface area contributed by atoms with E-state index in [1.807, 2.05) is 24.5 Å². The van der Waals surface area contributed by atoms with E-state index >= 15 is 0 Å². The van der Waals surface area contributed by atoms with Crippen LogP contribution in [0.1, 0.15) is 28.5 Å². The Hall–Kier alpha value is -1.23. The third-order valence-electron chi connectivity index (χ3n) is 2.83. The first kappa shape index (κ1) is 12.2. The van der Waals surface area contributed by atoms with E-state index in [9.17, 15) is 0 Å². The van der Waals surface area contributed by atoms with E-state index in [2.05, 4.69) is 28.8 Å². The highest BCUT2D eigenvalue weighted by molar-refractivity contribution is 7.10. The Bertz CT molecular complexity index is 453. The lowest BCUT2D eigenvalue weighted by Gasteiger charge is -2.14. The number of pyridine rings is 1. The Morgan fingerprint density at radius 1 is 1.41 bits per heavy atom. The molecule has 3 N–H and O–H groups in total. The van der Waals surface area contributed by atoms with Crippen molar-refractivity contribution in [3.05, 3.63) is 52.0 Å². The van der Waals surface area contributed by atoms with E-state index in [-0.39, 0.29) is 6.04 Å². The minimum absolute atomic E-state index is 0.230. The van der Waals surface area contributed by atoms with Gasteiger partial charge >= 0.3 is 0 Å². The van der Waals surface area contributed by atoms with Crippen LogP contribution in [0.3, 0.4) is 0 Å². The van der Waals surface area contributed by atoms with Crippen molar-refractivity contribution in [2.24, 2.45) is 5.84 Å². The first-order valence-electron chi connectivity index (χ1n) is 5.69. The van der Waals surface area contributed by atoms with Crippen LogP contribution in [-0.2, 0) is 6.42 Å². The maximum atomic E-state index is 5.62. The number of hydrogen-bond acceptors (Lipinski definition) is 4. The zero-order valence-electron chi connectivity index (χ0n) is 9.89. The molecule has 2 aromatic heterocycles. The van der Waals surface area contributed by atoms with Crippen molar-refractivity contribution in [2.75, 3.05) is 0 Å². The van der Waals surface area contributed by atoms with Gasteiger partial charge < -0.3 is 0 Å². The summed E-state index contributed by atoms with van der Waals surface area (Å²) in [5, 5.41) is 2.17. The Morgan fingerprint density at radius 3 is 2.76 bits per heavy atom. The molecule has 1 unspecified atom stereocenters. The smallest absolute Gasteiger partial charge is 0.0471 e. The molecule has 90 valence electrons. The average Bonchev–Trinajstić information content (AvgIpc) is 2.78. The fourth-order valence-corrected chi connectivity index (χ4v) is 2.61. The number of nitrogens with zero attached hydrogens (tertiary/aromatic N) is 1. The van der Waals surface area contributed by atoms with Crippen LogP contribution < -0.4 is 11.3 Å². The zero-order chi connectivity index (χ0) is 12.1. The fourth-order valence-electron chi connectivity index (χ4n) is 1.85. The van der Waals surface area contributed by atoms with Crippen molar-refractivity contribution < 1.29 is 0 Å². The van der Waals surface area contributed by atoms with Gasteiger partial charge in [-0.15, -0.1) is 11.3 Å². The molecular formula is C13H17N3S. The number of aromatic nitrogens is 1. The van der Waals surface area contributed by atoms with Crippen LogP contribution in [0.5, 0.6) is 0 Å². The Morgan fingerprint density at radius 2 is 2.18 bits per heavy atom. The van der Waals surface area contributed by atoms with E-state index in [1.165, 1.54) is 16.0 Å². The molecule has 1 atom stereocenters. The molecule has 2 rings (SSSR count). The summed E-state index contributed by atoms with van der Waals surface area (Å²) in [4.78, 5) is 5.34. The Labute approximate surface area is 106 Å². The predicted octanol–water partition coefficient (Wildman–Crippen LogP) is 2.59. The van der Waals surface area contributed by atoms with Crippen LogP contribution in [0.4, 0.5) is 0 Å². The van der Waals surface area contributed by atoms with Crippen LogP contribution in [0.15, 0.2) is 36.0 Å². The van der Waals surface area contributed by atoms with E-state index < -0.39 is 0 Å². The normalized spacial score (nSPS) is 12.6. The summed E-state index contributed by atoms with van der Waals surface area (Å²) >= 11 is 1.76. The second-order valence-corrected chi connectivity index (χ2v) is 5.22. The number of thiophene rings is 1. The molecule has 4 heteroatoms. The largest absolute Gasteiger partial charge is 0.271 e. The number of nitrogens with two attached hydrogens (primary N) is 1. The van der Waals surface area contributed by atoms with Gasteiger partial charge in [-0.25, -0.2) is 0 Å². The van der Waals surface area contributed by atoms with Crippen LogP contribution in [0, 0.1) is 6.92 Å². The van der Waals surface area contributed by atoms with E-state index in [0.29, 0.717) is 0 Å². The summed E-state index contributed by atoms with van der Waals surface area (Å²) < 4.78 is 0. The van der Waals surface area contributed by atoms with Crippen LogP contribution in [0.2, 0.25) is 0 Å². The third-order valence-corrected chi connectivity index (χ3v) is 3.71. The van der Waals surface area contributed by atoms with Crippen molar-refractivity contribution in [1.82, 2.24) is 10.4 Å². The molecule has 0 fully saturated rings. The molecule has 0 saturated carbocycles. The summed E-state index contributed by atoms with van der Waals surface area (Å²) in [7, 11) is 0. The van der Waals surface area contributed by atoms with Gasteiger partial charge in [0.2, 0.25) is 0 Å². The number of hydrazine groups is 1. The SMILES string of the molecule is Cc1cc(C(CCc2ccncc2)NN)cs1. The second kappa shape index (κ2) is 5.91. The van der Waals surface area contributed by atoms with Crippen molar-refractivity contribution in [1.29, 1.82) is 0 Å². The maximum absolute atomic E-state index is 5.62. The highest BCUT2D eigenvalue weighted by Crippen LogP contribution is 2.23. The van der Waals surface area contributed by atoms with Gasteiger partial charge in [-0.2, -0.15) is 0 Å². The van der Waals surface area contributed by atoms with Gasteiger partial charge in [0.15, 0.2) is 0 Å². The Kier molecular flexibility index (Phi) is 4.25. The molecule has 2 aromatic rings.